The number of pyridine rings is 1. The minimum atomic E-state index is -0.427. The van der Waals surface area contributed by atoms with Crippen LogP contribution in [-0.4, -0.2) is 17.9 Å². The number of amides is 1. The Morgan fingerprint density at radius 1 is 1.43 bits per heavy atom. The summed E-state index contributed by atoms with van der Waals surface area (Å²) in [6.45, 7) is 5.88. The highest BCUT2D eigenvalue weighted by molar-refractivity contribution is 6.06. The summed E-state index contributed by atoms with van der Waals surface area (Å²) in [4.78, 5) is 17.8. The molecule has 0 unspecified atom stereocenters. The number of nitrogens with zero attached hydrogens (tertiary/aromatic N) is 2. The largest absolute Gasteiger partial charge is 0.299 e. The van der Waals surface area contributed by atoms with Crippen LogP contribution >= 0.6 is 0 Å². The lowest BCUT2D eigenvalue weighted by atomic mass is 9.86. The van der Waals surface area contributed by atoms with Gasteiger partial charge in [-0.25, -0.2) is 4.98 Å². The molecule has 14 heavy (non-hydrogen) atoms. The van der Waals surface area contributed by atoms with Gasteiger partial charge in [-0.2, -0.15) is 0 Å². The highest BCUT2D eigenvalue weighted by Gasteiger charge is 2.43. The summed E-state index contributed by atoms with van der Waals surface area (Å²) in [6, 6.07) is 2.05. The fourth-order valence-corrected chi connectivity index (χ4v) is 1.92. The number of hydrogen-bond donors (Lipinski definition) is 0. The van der Waals surface area contributed by atoms with Gasteiger partial charge in [0.05, 0.1) is 5.41 Å². The normalized spacial score (nSPS) is 18.6. The Hall–Kier alpha value is -1.38. The lowest BCUT2D eigenvalue weighted by molar-refractivity contribution is -0.121. The maximum absolute atomic E-state index is 11.9. The van der Waals surface area contributed by atoms with Crippen LogP contribution in [-0.2, 0) is 10.2 Å². The van der Waals surface area contributed by atoms with Gasteiger partial charge in [-0.15, -0.1) is 0 Å². The van der Waals surface area contributed by atoms with Crippen LogP contribution in [0.1, 0.15) is 25.0 Å². The summed E-state index contributed by atoms with van der Waals surface area (Å²) in [6.07, 6.45) is 1.80. The third-order valence-electron chi connectivity index (χ3n) is 2.83. The first-order valence-corrected chi connectivity index (χ1v) is 4.70. The highest BCUT2D eigenvalue weighted by Crippen LogP contribution is 2.39. The van der Waals surface area contributed by atoms with Gasteiger partial charge in [-0.3, -0.25) is 9.69 Å². The van der Waals surface area contributed by atoms with Gasteiger partial charge in [0.25, 0.3) is 0 Å². The molecule has 0 aliphatic carbocycles. The zero-order valence-electron chi connectivity index (χ0n) is 8.96. The molecule has 2 heterocycles. The molecule has 0 bridgehead atoms. The molecule has 0 saturated carbocycles. The molecule has 2 rings (SSSR count). The van der Waals surface area contributed by atoms with E-state index in [2.05, 4.69) is 4.98 Å². The monoisotopic (exact) mass is 190 g/mol. The highest BCUT2D eigenvalue weighted by atomic mass is 16.2. The number of anilines is 1. The molecule has 1 amide bonds. The van der Waals surface area contributed by atoms with E-state index in [0.717, 1.165) is 16.9 Å². The third kappa shape index (κ3) is 0.983. The Morgan fingerprint density at radius 2 is 2.07 bits per heavy atom. The first-order valence-electron chi connectivity index (χ1n) is 4.70. The number of carbonyl (C=O) groups excluding carboxylic acids is 1. The van der Waals surface area contributed by atoms with Crippen molar-refractivity contribution in [3.63, 3.8) is 0 Å². The van der Waals surface area contributed by atoms with Crippen molar-refractivity contribution < 1.29 is 4.79 Å². The molecule has 1 aromatic rings. The van der Waals surface area contributed by atoms with Crippen LogP contribution in [0.25, 0.3) is 0 Å². The van der Waals surface area contributed by atoms with Crippen molar-refractivity contribution in [1.29, 1.82) is 0 Å². The number of likely N-dealkylation sites (N-methyl/N-ethyl adjacent to an activating group) is 1. The number of rotatable bonds is 0. The molecule has 0 radical (unpaired) electrons. The summed E-state index contributed by atoms with van der Waals surface area (Å²) in [5, 5.41) is 0. The van der Waals surface area contributed by atoms with Gasteiger partial charge in [0.15, 0.2) is 0 Å². The van der Waals surface area contributed by atoms with Crippen molar-refractivity contribution in [2.45, 2.75) is 26.2 Å². The SMILES string of the molecule is Cc1cnc2c(c1)C(C)(C)C(=O)N2C. The summed E-state index contributed by atoms with van der Waals surface area (Å²) >= 11 is 0. The number of aryl methyl sites for hydroxylation is 1. The van der Waals surface area contributed by atoms with Crippen molar-refractivity contribution >= 4 is 11.7 Å². The molecule has 0 saturated heterocycles. The van der Waals surface area contributed by atoms with Gasteiger partial charge in [0.1, 0.15) is 5.82 Å². The van der Waals surface area contributed by atoms with E-state index >= 15 is 0 Å². The molecule has 1 aliphatic heterocycles. The average molecular weight is 190 g/mol. The van der Waals surface area contributed by atoms with Gasteiger partial charge in [0.2, 0.25) is 5.91 Å². The molecule has 0 spiro atoms. The van der Waals surface area contributed by atoms with Gasteiger partial charge >= 0.3 is 0 Å². The smallest absolute Gasteiger partial charge is 0.238 e. The fraction of sp³-hybridized carbons (Fsp3) is 0.455. The molecule has 0 aromatic carbocycles. The minimum Gasteiger partial charge on any atom is -0.299 e. The predicted octanol–water partition coefficient (Wildman–Crippen LogP) is 1.64. The quantitative estimate of drug-likeness (QED) is 0.623. The van der Waals surface area contributed by atoms with Gasteiger partial charge in [-0.05, 0) is 32.4 Å². The molecule has 1 aromatic heterocycles. The topological polar surface area (TPSA) is 33.2 Å². The van der Waals surface area contributed by atoms with Crippen LogP contribution in [0.2, 0.25) is 0 Å². The zero-order chi connectivity index (χ0) is 10.5. The predicted molar refractivity (Wildman–Crippen MR) is 55.4 cm³/mol. The molecule has 3 heteroatoms. The fourth-order valence-electron chi connectivity index (χ4n) is 1.92. The first kappa shape index (κ1) is 9.19. The molecular weight excluding hydrogens is 176 g/mol. The maximum Gasteiger partial charge on any atom is 0.238 e. The summed E-state index contributed by atoms with van der Waals surface area (Å²) in [7, 11) is 1.78. The van der Waals surface area contributed by atoms with Crippen LogP contribution in [0.4, 0.5) is 5.82 Å². The molecule has 0 fully saturated rings. The summed E-state index contributed by atoms with van der Waals surface area (Å²) in [5.41, 5.74) is 1.70. The van der Waals surface area contributed by atoms with Crippen molar-refractivity contribution in [1.82, 2.24) is 4.98 Å². The molecule has 0 atom stereocenters. The lowest BCUT2D eigenvalue weighted by Gasteiger charge is -2.15. The second-order valence-corrected chi connectivity index (χ2v) is 4.37. The summed E-state index contributed by atoms with van der Waals surface area (Å²) < 4.78 is 0. The average Bonchev–Trinajstić information content (AvgIpc) is 2.29. The van der Waals surface area contributed by atoms with E-state index in [1.807, 2.05) is 26.8 Å². The van der Waals surface area contributed by atoms with Crippen molar-refractivity contribution in [3.05, 3.63) is 23.4 Å². The van der Waals surface area contributed by atoms with Crippen LogP contribution in [0.5, 0.6) is 0 Å². The van der Waals surface area contributed by atoms with E-state index in [9.17, 15) is 4.79 Å². The van der Waals surface area contributed by atoms with Gasteiger partial charge in [0, 0.05) is 18.8 Å². The van der Waals surface area contributed by atoms with E-state index in [1.165, 1.54) is 0 Å². The Labute approximate surface area is 83.8 Å². The number of fused-ring (bicyclic) bond motifs is 1. The third-order valence-corrected chi connectivity index (χ3v) is 2.83. The van der Waals surface area contributed by atoms with Crippen molar-refractivity contribution in [3.8, 4) is 0 Å². The van der Waals surface area contributed by atoms with Crippen LogP contribution in [0.15, 0.2) is 12.3 Å². The standard InChI is InChI=1S/C11H14N2O/c1-7-5-8-9(12-6-7)13(4)10(14)11(8,2)3/h5-6H,1-4H3. The number of carbonyl (C=O) groups is 1. The molecule has 0 N–H and O–H groups in total. The Morgan fingerprint density at radius 3 is 2.71 bits per heavy atom. The minimum absolute atomic E-state index is 0.116. The zero-order valence-corrected chi connectivity index (χ0v) is 8.96. The van der Waals surface area contributed by atoms with Gasteiger partial charge in [-0.1, -0.05) is 0 Å². The second-order valence-electron chi connectivity index (χ2n) is 4.37. The van der Waals surface area contributed by atoms with E-state index < -0.39 is 5.41 Å². The van der Waals surface area contributed by atoms with Crippen molar-refractivity contribution in [2.24, 2.45) is 0 Å². The Bertz CT molecular complexity index is 410. The van der Waals surface area contributed by atoms with E-state index in [0.29, 0.717) is 0 Å². The maximum atomic E-state index is 11.9. The van der Waals surface area contributed by atoms with E-state index in [4.69, 9.17) is 0 Å². The molecule has 3 nitrogen and oxygen atoms in total. The van der Waals surface area contributed by atoms with Gasteiger partial charge < -0.3 is 0 Å². The van der Waals surface area contributed by atoms with Crippen LogP contribution in [0, 0.1) is 6.92 Å². The van der Waals surface area contributed by atoms with Crippen LogP contribution < -0.4 is 4.90 Å². The molecule has 74 valence electrons. The lowest BCUT2D eigenvalue weighted by Crippen LogP contribution is -2.33. The van der Waals surface area contributed by atoms with E-state index in [1.54, 1.807) is 18.1 Å². The van der Waals surface area contributed by atoms with E-state index in [-0.39, 0.29) is 5.91 Å². The second kappa shape index (κ2) is 2.56. The van der Waals surface area contributed by atoms with Crippen molar-refractivity contribution in [2.75, 3.05) is 11.9 Å². The number of hydrogen-bond acceptors (Lipinski definition) is 2. The summed E-state index contributed by atoms with van der Waals surface area (Å²) in [5.74, 6) is 0.913. The Kier molecular flexibility index (Phi) is 1.68. The molecule has 1 aliphatic rings. The Balaban J connectivity index is 2.69. The van der Waals surface area contributed by atoms with Crippen LogP contribution in [0.3, 0.4) is 0 Å². The first-order chi connectivity index (χ1) is 6.44. The molecular formula is C11H14N2O. The number of aromatic nitrogens is 1.